The van der Waals surface area contributed by atoms with Gasteiger partial charge in [0, 0.05) is 26.2 Å². The molecule has 0 amide bonds. The molecular formula is C14H22N4O4S. The van der Waals surface area contributed by atoms with E-state index in [4.69, 9.17) is 0 Å². The summed E-state index contributed by atoms with van der Waals surface area (Å²) in [6.07, 6.45) is 1.51. The number of hydrogen-bond acceptors (Lipinski definition) is 6. The molecule has 0 aliphatic carbocycles. The first-order valence-corrected chi connectivity index (χ1v) is 8.84. The fourth-order valence-electron chi connectivity index (χ4n) is 2.76. The van der Waals surface area contributed by atoms with Gasteiger partial charge in [-0.15, -0.1) is 0 Å². The number of sulfonamides is 1. The highest BCUT2D eigenvalue weighted by Gasteiger charge is 2.31. The van der Waals surface area contributed by atoms with Crippen molar-refractivity contribution in [2.45, 2.75) is 23.8 Å². The zero-order valence-corrected chi connectivity index (χ0v) is 14.3. The predicted octanol–water partition coefficient (Wildman–Crippen LogP) is 1.35. The molecule has 0 radical (unpaired) electrons. The minimum atomic E-state index is -3.75. The number of nitro groups is 1. The molecule has 1 N–H and O–H groups in total. The van der Waals surface area contributed by atoms with Crippen LogP contribution in [0, 0.1) is 10.1 Å². The Kier molecular flexibility index (Phi) is 5.23. The van der Waals surface area contributed by atoms with Gasteiger partial charge < -0.3 is 10.2 Å². The number of piperidine rings is 1. The number of nitrogens with one attached hydrogen (secondary N) is 1. The molecule has 0 unspecified atom stereocenters. The standard InChI is InChI=1S/C14H22N4O4S/c1-15-13-5-4-12(10-14(13)18(19)20)23(21,22)17(3)11-6-8-16(2)9-7-11/h4-5,10-11,15H,6-9H2,1-3H3. The topological polar surface area (TPSA) is 95.8 Å². The summed E-state index contributed by atoms with van der Waals surface area (Å²) in [5.74, 6) is 0. The lowest BCUT2D eigenvalue weighted by Gasteiger charge is -2.34. The maximum atomic E-state index is 12.8. The van der Waals surface area contributed by atoms with Gasteiger partial charge in [0.2, 0.25) is 10.0 Å². The SMILES string of the molecule is CNc1ccc(S(=O)(=O)N(C)C2CCN(C)CC2)cc1[N+](=O)[O-]. The maximum absolute atomic E-state index is 12.8. The van der Waals surface area contributed by atoms with Gasteiger partial charge in [0.15, 0.2) is 0 Å². The van der Waals surface area contributed by atoms with E-state index in [1.165, 1.54) is 16.4 Å². The quantitative estimate of drug-likeness (QED) is 0.641. The molecule has 0 spiro atoms. The summed E-state index contributed by atoms with van der Waals surface area (Å²) in [7, 11) is 1.35. The van der Waals surface area contributed by atoms with Gasteiger partial charge in [-0.2, -0.15) is 4.31 Å². The highest BCUT2D eigenvalue weighted by Crippen LogP contribution is 2.29. The van der Waals surface area contributed by atoms with Crippen LogP contribution in [0.1, 0.15) is 12.8 Å². The van der Waals surface area contributed by atoms with E-state index in [0.717, 1.165) is 32.0 Å². The lowest BCUT2D eigenvalue weighted by molar-refractivity contribution is -0.384. The molecule has 2 rings (SSSR count). The van der Waals surface area contributed by atoms with Crippen LogP contribution in [0.15, 0.2) is 23.1 Å². The lowest BCUT2D eigenvalue weighted by Crippen LogP contribution is -2.44. The molecule has 128 valence electrons. The average molecular weight is 342 g/mol. The molecule has 9 heteroatoms. The third-order valence-electron chi connectivity index (χ3n) is 4.31. The van der Waals surface area contributed by atoms with E-state index < -0.39 is 14.9 Å². The summed E-state index contributed by atoms with van der Waals surface area (Å²) in [5.41, 5.74) is 0.0428. The number of likely N-dealkylation sites (tertiary alicyclic amines) is 1. The summed E-state index contributed by atoms with van der Waals surface area (Å²) in [5, 5.41) is 13.8. The predicted molar refractivity (Wildman–Crippen MR) is 88.1 cm³/mol. The van der Waals surface area contributed by atoms with Crippen LogP contribution >= 0.6 is 0 Å². The van der Waals surface area contributed by atoms with Gasteiger partial charge >= 0.3 is 0 Å². The molecule has 0 bridgehead atoms. The van der Waals surface area contributed by atoms with Crippen LogP contribution in [0.4, 0.5) is 11.4 Å². The molecular weight excluding hydrogens is 320 g/mol. The van der Waals surface area contributed by atoms with Crippen molar-refractivity contribution in [2.24, 2.45) is 0 Å². The van der Waals surface area contributed by atoms with Gasteiger partial charge in [0.25, 0.3) is 5.69 Å². The Morgan fingerprint density at radius 3 is 2.48 bits per heavy atom. The van der Waals surface area contributed by atoms with Crippen LogP contribution in [0.3, 0.4) is 0 Å². The first-order chi connectivity index (χ1) is 10.8. The smallest absolute Gasteiger partial charge is 0.293 e. The number of rotatable bonds is 5. The summed E-state index contributed by atoms with van der Waals surface area (Å²) >= 11 is 0. The zero-order chi connectivity index (χ0) is 17.2. The molecule has 1 aromatic carbocycles. The van der Waals surface area contributed by atoms with Crippen molar-refractivity contribution in [1.82, 2.24) is 9.21 Å². The first kappa shape index (κ1) is 17.6. The molecule has 1 fully saturated rings. The minimum Gasteiger partial charge on any atom is -0.383 e. The van der Waals surface area contributed by atoms with Gasteiger partial charge in [-0.1, -0.05) is 0 Å². The number of benzene rings is 1. The second-order valence-electron chi connectivity index (χ2n) is 5.74. The summed E-state index contributed by atoms with van der Waals surface area (Å²) in [6, 6.07) is 3.86. The third-order valence-corrected chi connectivity index (χ3v) is 6.22. The molecule has 1 aliphatic rings. The Morgan fingerprint density at radius 2 is 1.96 bits per heavy atom. The second kappa shape index (κ2) is 6.81. The van der Waals surface area contributed by atoms with Crippen molar-refractivity contribution < 1.29 is 13.3 Å². The molecule has 0 saturated carbocycles. The lowest BCUT2D eigenvalue weighted by atomic mass is 10.1. The van der Waals surface area contributed by atoms with Gasteiger partial charge in [0.05, 0.1) is 9.82 Å². The summed E-state index contributed by atoms with van der Waals surface area (Å²) < 4.78 is 26.9. The Hall–Kier alpha value is -1.71. The molecule has 0 aromatic heterocycles. The summed E-state index contributed by atoms with van der Waals surface area (Å²) in [4.78, 5) is 12.6. The van der Waals surface area contributed by atoms with Crippen molar-refractivity contribution in [1.29, 1.82) is 0 Å². The molecule has 23 heavy (non-hydrogen) atoms. The van der Waals surface area contributed by atoms with Gasteiger partial charge in [-0.25, -0.2) is 8.42 Å². The van der Waals surface area contributed by atoms with E-state index in [0.29, 0.717) is 0 Å². The highest BCUT2D eigenvalue weighted by molar-refractivity contribution is 7.89. The van der Waals surface area contributed by atoms with Crippen LogP contribution < -0.4 is 5.32 Å². The highest BCUT2D eigenvalue weighted by atomic mass is 32.2. The van der Waals surface area contributed by atoms with E-state index in [-0.39, 0.29) is 22.3 Å². The Labute approximate surface area is 136 Å². The monoisotopic (exact) mass is 342 g/mol. The van der Waals surface area contributed by atoms with Crippen LogP contribution in [0.5, 0.6) is 0 Å². The fraction of sp³-hybridized carbons (Fsp3) is 0.571. The van der Waals surface area contributed by atoms with Crippen LogP contribution in [-0.2, 0) is 10.0 Å². The van der Waals surface area contributed by atoms with Gasteiger partial charge in [-0.05, 0) is 45.1 Å². The van der Waals surface area contributed by atoms with Crippen LogP contribution in [-0.4, -0.2) is 62.8 Å². The van der Waals surface area contributed by atoms with E-state index in [1.54, 1.807) is 14.1 Å². The molecule has 8 nitrogen and oxygen atoms in total. The van der Waals surface area contributed by atoms with Crippen molar-refractivity contribution in [2.75, 3.05) is 39.5 Å². The van der Waals surface area contributed by atoms with E-state index in [2.05, 4.69) is 10.2 Å². The summed E-state index contributed by atoms with van der Waals surface area (Å²) in [6.45, 7) is 1.67. The van der Waals surface area contributed by atoms with Crippen LogP contribution in [0.25, 0.3) is 0 Å². The number of nitrogens with zero attached hydrogens (tertiary/aromatic N) is 3. The second-order valence-corrected chi connectivity index (χ2v) is 7.74. The van der Waals surface area contributed by atoms with Crippen molar-refractivity contribution in [3.63, 3.8) is 0 Å². The third kappa shape index (κ3) is 3.62. The van der Waals surface area contributed by atoms with E-state index in [1.807, 2.05) is 7.05 Å². The van der Waals surface area contributed by atoms with Crippen molar-refractivity contribution >= 4 is 21.4 Å². The van der Waals surface area contributed by atoms with E-state index in [9.17, 15) is 18.5 Å². The fourth-order valence-corrected chi connectivity index (χ4v) is 4.19. The van der Waals surface area contributed by atoms with Gasteiger partial charge in [-0.3, -0.25) is 10.1 Å². The van der Waals surface area contributed by atoms with E-state index >= 15 is 0 Å². The Morgan fingerprint density at radius 1 is 1.35 bits per heavy atom. The molecule has 0 atom stereocenters. The molecule has 1 aliphatic heterocycles. The Balaban J connectivity index is 2.32. The van der Waals surface area contributed by atoms with Crippen molar-refractivity contribution in [3.05, 3.63) is 28.3 Å². The molecule has 1 saturated heterocycles. The normalized spacial score (nSPS) is 17.4. The van der Waals surface area contributed by atoms with Crippen LogP contribution in [0.2, 0.25) is 0 Å². The maximum Gasteiger partial charge on any atom is 0.293 e. The van der Waals surface area contributed by atoms with Crippen molar-refractivity contribution in [3.8, 4) is 0 Å². The molecule has 1 aromatic rings. The zero-order valence-electron chi connectivity index (χ0n) is 13.5. The number of anilines is 1. The van der Waals surface area contributed by atoms with Gasteiger partial charge in [0.1, 0.15) is 5.69 Å². The average Bonchev–Trinajstić information content (AvgIpc) is 2.54. The molecule has 1 heterocycles. The number of nitro benzene ring substituents is 1. The first-order valence-electron chi connectivity index (χ1n) is 7.40. The minimum absolute atomic E-state index is 0.0513. The largest absolute Gasteiger partial charge is 0.383 e. The number of hydrogen-bond donors (Lipinski definition) is 1. The Bertz CT molecular complexity index is 684.